The summed E-state index contributed by atoms with van der Waals surface area (Å²) in [5.74, 6) is 1.08. The van der Waals surface area contributed by atoms with Gasteiger partial charge in [0, 0.05) is 38.3 Å². The third kappa shape index (κ3) is 6.21. The van der Waals surface area contributed by atoms with Crippen LogP contribution in [0.15, 0.2) is 42.6 Å². The lowest BCUT2D eigenvalue weighted by atomic mass is 9.93. The Labute approximate surface area is 234 Å². The summed E-state index contributed by atoms with van der Waals surface area (Å²) in [4.78, 5) is 20.8. The highest BCUT2D eigenvalue weighted by Gasteiger charge is 2.30. The number of nitrogens with zero attached hydrogens (tertiary/aromatic N) is 2. The fourth-order valence-corrected chi connectivity index (χ4v) is 6.66. The second-order valence-corrected chi connectivity index (χ2v) is 11.7. The van der Waals surface area contributed by atoms with Gasteiger partial charge in [-0.15, -0.1) is 11.3 Å². The van der Waals surface area contributed by atoms with Crippen LogP contribution in [-0.4, -0.2) is 58.7 Å². The van der Waals surface area contributed by atoms with Crippen molar-refractivity contribution in [3.05, 3.63) is 53.7 Å². The molecule has 3 aromatic rings. The molecule has 4 N–H and O–H groups in total. The summed E-state index contributed by atoms with van der Waals surface area (Å²) in [5.41, 5.74) is 5.63. The number of thiazole rings is 1. The Hall–Kier alpha value is -3.14. The minimum absolute atomic E-state index is 0.0106. The van der Waals surface area contributed by atoms with Gasteiger partial charge in [-0.1, -0.05) is 18.2 Å². The van der Waals surface area contributed by atoms with Crippen LogP contribution in [0.25, 0.3) is 21.0 Å². The predicted octanol–water partition coefficient (Wildman–Crippen LogP) is 5.42. The third-order valence-electron chi connectivity index (χ3n) is 7.64. The zero-order chi connectivity index (χ0) is 27.5. The number of fused-ring (bicyclic) bond motifs is 1. The largest absolute Gasteiger partial charge is 0.489 e. The molecule has 1 fully saturated rings. The number of carbonyl (C=O) groups is 1. The molecule has 39 heavy (non-hydrogen) atoms. The zero-order valence-corrected chi connectivity index (χ0v) is 23.6. The molecule has 2 heterocycles. The molecule has 0 bridgehead atoms. The summed E-state index contributed by atoms with van der Waals surface area (Å²) in [6, 6.07) is 12.4. The number of aromatic nitrogens is 1. The number of anilines is 1. The molecule has 9 heteroatoms. The maximum absolute atomic E-state index is 13.0. The summed E-state index contributed by atoms with van der Waals surface area (Å²) >= 11 is 1.68. The van der Waals surface area contributed by atoms with Gasteiger partial charge in [-0.2, -0.15) is 0 Å². The zero-order valence-electron chi connectivity index (χ0n) is 22.8. The van der Waals surface area contributed by atoms with Crippen molar-refractivity contribution in [2.75, 3.05) is 25.5 Å². The van der Waals surface area contributed by atoms with Crippen molar-refractivity contribution in [3.63, 3.8) is 0 Å². The molecule has 1 saturated heterocycles. The lowest BCUT2D eigenvalue weighted by Gasteiger charge is -2.33. The van der Waals surface area contributed by atoms with Crippen LogP contribution in [0, 0.1) is 5.92 Å². The fraction of sp³-hybridized carbons (Fsp3) is 0.467. The summed E-state index contributed by atoms with van der Waals surface area (Å²) in [6.45, 7) is 5.33. The Morgan fingerprint density at radius 2 is 1.97 bits per heavy atom. The Morgan fingerprint density at radius 3 is 2.69 bits per heavy atom. The van der Waals surface area contributed by atoms with Gasteiger partial charge in [0.25, 0.3) is 0 Å². The normalized spacial score (nSPS) is 17.5. The SMILES string of the molecule is CNc1cc(-c2ncc(-c3cccc4c3CCC4NC(=O)N3CCC(CC(O)O)CC3)s2)ccc1OC(C)C. The van der Waals surface area contributed by atoms with Crippen molar-refractivity contribution < 1.29 is 19.7 Å². The highest BCUT2D eigenvalue weighted by atomic mass is 32.1. The minimum atomic E-state index is -1.27. The number of piperidine rings is 1. The first kappa shape index (κ1) is 27.4. The Balaban J connectivity index is 1.28. The van der Waals surface area contributed by atoms with Crippen LogP contribution in [-0.2, 0) is 6.42 Å². The van der Waals surface area contributed by atoms with E-state index in [9.17, 15) is 15.0 Å². The molecule has 8 nitrogen and oxygen atoms in total. The molecule has 0 radical (unpaired) electrons. The smallest absolute Gasteiger partial charge is 0.317 e. The first-order valence-corrected chi connectivity index (χ1v) is 14.6. The van der Waals surface area contributed by atoms with E-state index in [0.717, 1.165) is 52.6 Å². The molecule has 1 aromatic heterocycles. The van der Waals surface area contributed by atoms with E-state index in [0.29, 0.717) is 19.5 Å². The Morgan fingerprint density at radius 1 is 1.18 bits per heavy atom. The number of amides is 2. The van der Waals surface area contributed by atoms with E-state index in [1.807, 2.05) is 38.1 Å². The van der Waals surface area contributed by atoms with Gasteiger partial charge in [-0.25, -0.2) is 9.78 Å². The van der Waals surface area contributed by atoms with Crippen molar-refractivity contribution >= 4 is 23.1 Å². The van der Waals surface area contributed by atoms with E-state index in [1.54, 1.807) is 11.3 Å². The van der Waals surface area contributed by atoms with E-state index in [2.05, 4.69) is 41.0 Å². The summed E-state index contributed by atoms with van der Waals surface area (Å²) in [5, 5.41) is 25.9. The van der Waals surface area contributed by atoms with Crippen molar-refractivity contribution in [1.82, 2.24) is 15.2 Å². The van der Waals surface area contributed by atoms with Gasteiger partial charge in [-0.05, 0) is 80.3 Å². The van der Waals surface area contributed by atoms with E-state index >= 15 is 0 Å². The molecule has 2 aliphatic rings. The number of ether oxygens (including phenoxy) is 1. The van der Waals surface area contributed by atoms with Gasteiger partial charge in [0.1, 0.15) is 10.8 Å². The third-order valence-corrected chi connectivity index (χ3v) is 8.72. The maximum Gasteiger partial charge on any atom is 0.317 e. The molecule has 1 unspecified atom stereocenters. The van der Waals surface area contributed by atoms with Crippen molar-refractivity contribution in [3.8, 4) is 26.8 Å². The monoisotopic (exact) mass is 550 g/mol. The first-order chi connectivity index (χ1) is 18.8. The van der Waals surface area contributed by atoms with E-state index in [4.69, 9.17) is 9.72 Å². The van der Waals surface area contributed by atoms with Gasteiger partial charge < -0.3 is 30.5 Å². The number of likely N-dealkylation sites (tertiary alicyclic amines) is 1. The van der Waals surface area contributed by atoms with Gasteiger partial charge in [-0.3, -0.25) is 0 Å². The highest BCUT2D eigenvalue weighted by molar-refractivity contribution is 7.18. The number of nitrogens with one attached hydrogen (secondary N) is 2. The summed E-state index contributed by atoms with van der Waals surface area (Å²) < 4.78 is 5.92. The predicted molar refractivity (Wildman–Crippen MR) is 155 cm³/mol. The number of aliphatic hydroxyl groups is 2. The van der Waals surface area contributed by atoms with Crippen LogP contribution in [0.5, 0.6) is 5.75 Å². The van der Waals surface area contributed by atoms with Gasteiger partial charge in [0.2, 0.25) is 0 Å². The number of carbonyl (C=O) groups excluding carboxylic acids is 1. The standard InChI is InChI=1S/C30H38N4O4S/c1-18(2)38-26-10-7-20(16-25(26)31-3)29-32-17-27(39-29)23-6-4-5-22-21(23)8-9-24(22)33-30(37)34-13-11-19(12-14-34)15-28(35)36/h4-7,10,16-19,24,28,31,35-36H,8-9,11-15H2,1-3H3,(H,33,37). The summed E-state index contributed by atoms with van der Waals surface area (Å²) in [7, 11) is 1.90. The fourth-order valence-electron chi connectivity index (χ4n) is 5.69. The van der Waals surface area contributed by atoms with Crippen LogP contribution in [0.2, 0.25) is 0 Å². The molecular formula is C30H38N4O4S. The topological polar surface area (TPSA) is 107 Å². The van der Waals surface area contributed by atoms with Gasteiger partial charge in [0.15, 0.2) is 6.29 Å². The first-order valence-electron chi connectivity index (χ1n) is 13.8. The molecular weight excluding hydrogens is 512 g/mol. The molecule has 5 rings (SSSR count). The lowest BCUT2D eigenvalue weighted by Crippen LogP contribution is -2.45. The molecule has 0 spiro atoms. The van der Waals surface area contributed by atoms with Crippen LogP contribution in [0.3, 0.4) is 0 Å². The molecule has 0 saturated carbocycles. The second-order valence-electron chi connectivity index (χ2n) is 10.7. The summed E-state index contributed by atoms with van der Waals surface area (Å²) in [6.07, 6.45) is 4.53. The molecule has 2 aromatic carbocycles. The Bertz CT molecular complexity index is 1300. The lowest BCUT2D eigenvalue weighted by molar-refractivity contribution is -0.0600. The van der Waals surface area contributed by atoms with Gasteiger partial charge in [0.05, 0.1) is 22.7 Å². The van der Waals surface area contributed by atoms with E-state index in [-0.39, 0.29) is 24.1 Å². The molecule has 2 amide bonds. The van der Waals surface area contributed by atoms with Crippen molar-refractivity contribution in [2.24, 2.45) is 5.92 Å². The van der Waals surface area contributed by atoms with Crippen LogP contribution >= 0.6 is 11.3 Å². The van der Waals surface area contributed by atoms with Crippen molar-refractivity contribution in [2.45, 2.75) is 64.4 Å². The molecule has 1 atom stereocenters. The average Bonchev–Trinajstić information content (AvgIpc) is 3.56. The number of hydrogen-bond acceptors (Lipinski definition) is 7. The van der Waals surface area contributed by atoms with Crippen LogP contribution in [0.4, 0.5) is 10.5 Å². The van der Waals surface area contributed by atoms with Crippen molar-refractivity contribution in [1.29, 1.82) is 0 Å². The molecule has 208 valence electrons. The average molecular weight is 551 g/mol. The number of hydrogen-bond donors (Lipinski definition) is 4. The number of rotatable bonds is 8. The molecule has 1 aliphatic carbocycles. The Kier molecular flexibility index (Phi) is 8.40. The van der Waals surface area contributed by atoms with Crippen LogP contribution in [0.1, 0.15) is 56.7 Å². The highest BCUT2D eigenvalue weighted by Crippen LogP contribution is 2.42. The second kappa shape index (κ2) is 11.9. The quantitative estimate of drug-likeness (QED) is 0.279. The number of aliphatic hydroxyl groups excluding tert-OH is 1. The van der Waals surface area contributed by atoms with Crippen LogP contribution < -0.4 is 15.4 Å². The minimum Gasteiger partial charge on any atom is -0.489 e. The van der Waals surface area contributed by atoms with E-state index < -0.39 is 6.29 Å². The molecule has 1 aliphatic heterocycles. The van der Waals surface area contributed by atoms with Gasteiger partial charge >= 0.3 is 6.03 Å². The maximum atomic E-state index is 13.0. The number of urea groups is 1. The van der Waals surface area contributed by atoms with E-state index in [1.165, 1.54) is 16.7 Å². The number of benzene rings is 2.